The molecule has 1 heterocycles. The zero-order chi connectivity index (χ0) is 19.1. The van der Waals surface area contributed by atoms with Crippen LogP contribution in [0, 0.1) is 6.92 Å². The topological polar surface area (TPSA) is 61.8 Å². The first kappa shape index (κ1) is 19.7. The molecule has 0 saturated carbocycles. The summed E-state index contributed by atoms with van der Waals surface area (Å²) >= 11 is 1.38. The highest BCUT2D eigenvalue weighted by Gasteiger charge is 2.11. The average Bonchev–Trinajstić information content (AvgIpc) is 3.04. The number of esters is 1. The molecule has 2 rings (SSSR count). The Morgan fingerprint density at radius 1 is 1.15 bits per heavy atom. The average molecular weight is 374 g/mol. The van der Waals surface area contributed by atoms with Gasteiger partial charge in [-0.15, -0.1) is 11.3 Å². The van der Waals surface area contributed by atoms with Crippen LogP contribution in [0.4, 0.5) is 0 Å². The predicted octanol–water partition coefficient (Wildman–Crippen LogP) is 4.29. The summed E-state index contributed by atoms with van der Waals surface area (Å²) in [6, 6.07) is 8.95. The first-order chi connectivity index (χ1) is 12.4. The number of methoxy groups -OCH3 is 1. The molecule has 2 aromatic rings. The zero-order valence-corrected chi connectivity index (χ0v) is 16.1. The molecule has 0 atom stereocenters. The molecular formula is C20H22O5S. The molecule has 0 aliphatic rings. The molecule has 0 saturated heterocycles. The van der Waals surface area contributed by atoms with Crippen LogP contribution in [0.1, 0.15) is 34.0 Å². The van der Waals surface area contributed by atoms with Crippen LogP contribution < -0.4 is 9.47 Å². The van der Waals surface area contributed by atoms with Crippen molar-refractivity contribution in [2.45, 2.75) is 26.9 Å². The Hall–Kier alpha value is -2.60. The smallest absolute Gasteiger partial charge is 0.331 e. The molecular weight excluding hydrogens is 352 g/mol. The van der Waals surface area contributed by atoms with Gasteiger partial charge in [0.25, 0.3) is 0 Å². The van der Waals surface area contributed by atoms with Crippen molar-refractivity contribution >= 4 is 29.2 Å². The van der Waals surface area contributed by atoms with Crippen LogP contribution in [0.3, 0.4) is 0 Å². The number of carbonyl (C=O) groups excluding carboxylic acids is 2. The fraction of sp³-hybridized carbons (Fsp3) is 0.300. The second kappa shape index (κ2) is 9.20. The molecule has 6 heteroatoms. The van der Waals surface area contributed by atoms with E-state index in [4.69, 9.17) is 14.2 Å². The second-order valence-electron chi connectivity index (χ2n) is 5.85. The van der Waals surface area contributed by atoms with Gasteiger partial charge in [-0.1, -0.05) is 6.07 Å². The van der Waals surface area contributed by atoms with Crippen molar-refractivity contribution < 1.29 is 23.8 Å². The number of ether oxygens (including phenoxy) is 3. The van der Waals surface area contributed by atoms with E-state index < -0.39 is 5.97 Å². The van der Waals surface area contributed by atoms with Crippen LogP contribution in [0.15, 0.2) is 36.4 Å². The molecule has 0 fully saturated rings. The number of ketones is 1. The van der Waals surface area contributed by atoms with Crippen LogP contribution in [0.5, 0.6) is 11.5 Å². The van der Waals surface area contributed by atoms with Gasteiger partial charge in [0.05, 0.1) is 18.1 Å². The maximum atomic E-state index is 11.9. The summed E-state index contributed by atoms with van der Waals surface area (Å²) in [6.45, 7) is 5.51. The lowest BCUT2D eigenvalue weighted by atomic mass is 10.2. The molecule has 0 bridgehead atoms. The van der Waals surface area contributed by atoms with Crippen LogP contribution in [-0.2, 0) is 9.53 Å². The van der Waals surface area contributed by atoms with E-state index in [1.165, 1.54) is 17.4 Å². The number of Topliss-reactive ketones (excluding diaryl/α,β-unsaturated/α-hetero) is 1. The number of benzene rings is 1. The van der Waals surface area contributed by atoms with Gasteiger partial charge in [-0.25, -0.2) is 4.79 Å². The summed E-state index contributed by atoms with van der Waals surface area (Å²) in [6.07, 6.45) is 2.92. The number of aryl methyl sites for hydroxylation is 1. The van der Waals surface area contributed by atoms with Crippen molar-refractivity contribution in [2.24, 2.45) is 0 Å². The molecule has 1 aromatic heterocycles. The van der Waals surface area contributed by atoms with Crippen molar-refractivity contribution in [3.63, 3.8) is 0 Å². The number of hydrogen-bond donors (Lipinski definition) is 0. The summed E-state index contributed by atoms with van der Waals surface area (Å²) in [5, 5.41) is 0. The zero-order valence-electron chi connectivity index (χ0n) is 15.3. The second-order valence-corrected chi connectivity index (χ2v) is 7.14. The highest BCUT2D eigenvalue weighted by Crippen LogP contribution is 2.29. The maximum absolute atomic E-state index is 11.9. The minimum atomic E-state index is -0.576. The van der Waals surface area contributed by atoms with Gasteiger partial charge in [0, 0.05) is 11.0 Å². The Morgan fingerprint density at radius 2 is 1.92 bits per heavy atom. The first-order valence-corrected chi connectivity index (χ1v) is 9.00. The highest BCUT2D eigenvalue weighted by atomic mass is 32.1. The van der Waals surface area contributed by atoms with E-state index in [-0.39, 0.29) is 18.5 Å². The van der Waals surface area contributed by atoms with Gasteiger partial charge in [0.15, 0.2) is 18.1 Å². The quantitative estimate of drug-likeness (QED) is 0.392. The van der Waals surface area contributed by atoms with Gasteiger partial charge < -0.3 is 14.2 Å². The van der Waals surface area contributed by atoms with E-state index in [9.17, 15) is 9.59 Å². The molecule has 1 aromatic carbocycles. The number of carbonyl (C=O) groups is 2. The largest absolute Gasteiger partial charge is 0.493 e. The number of hydrogen-bond acceptors (Lipinski definition) is 6. The SMILES string of the molecule is COc1cc(/C=C/C(=O)OCC(=O)c2ccc(C)s2)ccc1OC(C)C. The molecule has 0 aliphatic heterocycles. The van der Waals surface area contributed by atoms with Gasteiger partial charge in [0.2, 0.25) is 5.78 Å². The molecule has 0 amide bonds. The van der Waals surface area contributed by atoms with Gasteiger partial charge in [0.1, 0.15) is 0 Å². The van der Waals surface area contributed by atoms with E-state index in [0.29, 0.717) is 16.4 Å². The summed E-state index contributed by atoms with van der Waals surface area (Å²) in [4.78, 5) is 25.4. The van der Waals surface area contributed by atoms with E-state index >= 15 is 0 Å². The van der Waals surface area contributed by atoms with Crippen molar-refractivity contribution in [3.8, 4) is 11.5 Å². The Labute approximate surface area is 157 Å². The molecule has 0 aliphatic carbocycles. The molecule has 0 spiro atoms. The van der Waals surface area contributed by atoms with Crippen molar-refractivity contribution in [1.82, 2.24) is 0 Å². The monoisotopic (exact) mass is 374 g/mol. The molecule has 138 valence electrons. The van der Waals surface area contributed by atoms with Gasteiger partial charge >= 0.3 is 5.97 Å². The van der Waals surface area contributed by atoms with Gasteiger partial charge in [-0.2, -0.15) is 0 Å². The third-order valence-electron chi connectivity index (χ3n) is 3.32. The lowest BCUT2D eigenvalue weighted by Gasteiger charge is -2.13. The van der Waals surface area contributed by atoms with Crippen LogP contribution in [-0.4, -0.2) is 31.6 Å². The molecule has 0 unspecified atom stereocenters. The van der Waals surface area contributed by atoms with E-state index in [1.807, 2.05) is 32.9 Å². The lowest BCUT2D eigenvalue weighted by Crippen LogP contribution is -2.11. The molecule has 0 radical (unpaired) electrons. The third-order valence-corrected chi connectivity index (χ3v) is 4.36. The van der Waals surface area contributed by atoms with E-state index in [2.05, 4.69) is 0 Å². The Kier molecular flexibility index (Phi) is 6.97. The lowest BCUT2D eigenvalue weighted by molar-refractivity contribution is -0.136. The van der Waals surface area contributed by atoms with Crippen molar-refractivity contribution in [2.75, 3.05) is 13.7 Å². The minimum absolute atomic E-state index is 0.0324. The standard InChI is InChI=1S/C20H22O5S/c1-13(2)25-17-8-6-15(11-18(17)23-4)7-10-20(22)24-12-16(21)19-9-5-14(3)26-19/h5-11,13H,12H2,1-4H3/b10-7+. The van der Waals surface area contributed by atoms with Crippen LogP contribution in [0.25, 0.3) is 6.08 Å². The summed E-state index contributed by atoms with van der Waals surface area (Å²) in [5.74, 6) is 0.436. The Balaban J connectivity index is 1.93. The van der Waals surface area contributed by atoms with Gasteiger partial charge in [-0.3, -0.25) is 4.79 Å². The van der Waals surface area contributed by atoms with Crippen molar-refractivity contribution in [1.29, 1.82) is 0 Å². The first-order valence-electron chi connectivity index (χ1n) is 8.18. The van der Waals surface area contributed by atoms with E-state index in [1.54, 1.807) is 31.4 Å². The summed E-state index contributed by atoms with van der Waals surface area (Å²) in [7, 11) is 1.56. The van der Waals surface area contributed by atoms with Crippen molar-refractivity contribution in [3.05, 3.63) is 51.7 Å². The van der Waals surface area contributed by atoms with Crippen LogP contribution >= 0.6 is 11.3 Å². The molecule has 0 N–H and O–H groups in total. The maximum Gasteiger partial charge on any atom is 0.331 e. The van der Waals surface area contributed by atoms with Crippen LogP contribution in [0.2, 0.25) is 0 Å². The fourth-order valence-electron chi connectivity index (χ4n) is 2.14. The molecule has 26 heavy (non-hydrogen) atoms. The number of thiophene rings is 1. The number of rotatable bonds is 8. The Morgan fingerprint density at radius 3 is 2.54 bits per heavy atom. The normalized spacial score (nSPS) is 11.0. The molecule has 5 nitrogen and oxygen atoms in total. The van der Waals surface area contributed by atoms with E-state index in [0.717, 1.165) is 10.4 Å². The third kappa shape index (κ3) is 5.74. The Bertz CT molecular complexity index is 804. The summed E-state index contributed by atoms with van der Waals surface area (Å²) < 4.78 is 16.0. The highest BCUT2D eigenvalue weighted by molar-refractivity contribution is 7.14. The predicted molar refractivity (Wildman–Crippen MR) is 102 cm³/mol. The fourth-order valence-corrected chi connectivity index (χ4v) is 2.94. The minimum Gasteiger partial charge on any atom is -0.493 e. The summed E-state index contributed by atoms with van der Waals surface area (Å²) in [5.41, 5.74) is 0.759. The van der Waals surface area contributed by atoms with Gasteiger partial charge in [-0.05, 0) is 56.7 Å².